The molecule has 166 valence electrons. The van der Waals surface area contributed by atoms with Gasteiger partial charge in [0.15, 0.2) is 5.16 Å². The second kappa shape index (κ2) is 9.21. The van der Waals surface area contributed by atoms with Crippen molar-refractivity contribution in [2.45, 2.75) is 23.9 Å². The molecule has 0 saturated heterocycles. The zero-order chi connectivity index (χ0) is 22.8. The first-order chi connectivity index (χ1) is 16.1. The van der Waals surface area contributed by atoms with Crippen molar-refractivity contribution in [2.75, 3.05) is 5.75 Å². The summed E-state index contributed by atoms with van der Waals surface area (Å²) in [5.41, 5.74) is 6.93. The Morgan fingerprint density at radius 1 is 1.03 bits per heavy atom. The number of amides is 2. The highest BCUT2D eigenvalue weighted by molar-refractivity contribution is 7.99. The first kappa shape index (κ1) is 21.4. The molecule has 0 spiro atoms. The van der Waals surface area contributed by atoms with E-state index in [1.807, 2.05) is 41.8 Å². The van der Waals surface area contributed by atoms with E-state index in [1.165, 1.54) is 11.3 Å². The molecule has 1 aliphatic carbocycles. The molecule has 2 amide bonds. The van der Waals surface area contributed by atoms with Gasteiger partial charge in [-0.25, -0.2) is 4.98 Å². The van der Waals surface area contributed by atoms with Gasteiger partial charge in [0.05, 0.1) is 16.8 Å². The molecule has 2 heterocycles. The van der Waals surface area contributed by atoms with Crippen LogP contribution in [0.15, 0.2) is 76.0 Å². The van der Waals surface area contributed by atoms with Crippen LogP contribution >= 0.6 is 23.1 Å². The summed E-state index contributed by atoms with van der Waals surface area (Å²) in [6.45, 7) is 0. The summed E-state index contributed by atoms with van der Waals surface area (Å²) >= 11 is 2.62. The predicted molar refractivity (Wildman–Crippen MR) is 130 cm³/mol. The third-order valence-corrected chi connectivity index (χ3v) is 7.15. The highest BCUT2D eigenvalue weighted by Crippen LogP contribution is 2.44. The maximum absolute atomic E-state index is 13.5. The van der Waals surface area contributed by atoms with E-state index >= 15 is 0 Å². The molecule has 0 radical (unpaired) electrons. The number of aromatic nitrogens is 2. The van der Waals surface area contributed by atoms with Crippen LogP contribution in [-0.4, -0.2) is 27.1 Å². The van der Waals surface area contributed by atoms with Gasteiger partial charge in [-0.15, -0.1) is 11.3 Å². The number of benzene rings is 2. The van der Waals surface area contributed by atoms with Crippen molar-refractivity contribution < 1.29 is 9.59 Å². The Morgan fingerprint density at radius 3 is 2.42 bits per heavy atom. The van der Waals surface area contributed by atoms with Crippen molar-refractivity contribution >= 4 is 45.1 Å². The second-order valence-electron chi connectivity index (χ2n) is 7.67. The number of hydrogen-bond acceptors (Lipinski definition) is 6. The molecule has 2 aromatic carbocycles. The Balaban J connectivity index is 1.38. The summed E-state index contributed by atoms with van der Waals surface area (Å²) in [6, 6.07) is 17.9. The number of thioether (sulfide) groups is 1. The smallest absolute Gasteiger partial charge is 0.269 e. The minimum absolute atomic E-state index is 0.0132. The number of para-hydroxylation sites is 1. The lowest BCUT2D eigenvalue weighted by atomic mass is 10.1. The van der Waals surface area contributed by atoms with Gasteiger partial charge in [-0.05, 0) is 54.0 Å². The van der Waals surface area contributed by atoms with Crippen LogP contribution in [0.1, 0.15) is 34.7 Å². The van der Waals surface area contributed by atoms with E-state index in [0.717, 1.165) is 30.2 Å². The van der Waals surface area contributed by atoms with E-state index in [1.54, 1.807) is 28.8 Å². The van der Waals surface area contributed by atoms with Crippen LogP contribution in [0, 0.1) is 0 Å². The van der Waals surface area contributed by atoms with Crippen molar-refractivity contribution in [3.05, 3.63) is 87.5 Å². The third kappa shape index (κ3) is 4.55. The average molecular weight is 477 g/mol. The Labute approximate surface area is 197 Å². The Hall–Kier alpha value is -3.43. The molecule has 33 heavy (non-hydrogen) atoms. The first-order valence-electron chi connectivity index (χ1n) is 10.5. The predicted octanol–water partition coefficient (Wildman–Crippen LogP) is 3.88. The van der Waals surface area contributed by atoms with Gasteiger partial charge < -0.3 is 0 Å². The van der Waals surface area contributed by atoms with Crippen molar-refractivity contribution in [1.82, 2.24) is 20.4 Å². The highest BCUT2D eigenvalue weighted by Gasteiger charge is 2.29. The van der Waals surface area contributed by atoms with Crippen molar-refractivity contribution in [2.24, 2.45) is 0 Å². The molecule has 2 aromatic heterocycles. The van der Waals surface area contributed by atoms with Crippen molar-refractivity contribution in [3.8, 4) is 5.69 Å². The van der Waals surface area contributed by atoms with E-state index in [2.05, 4.69) is 10.9 Å². The molecule has 1 fully saturated rings. The monoisotopic (exact) mass is 476 g/mol. The molecule has 5 rings (SSSR count). The van der Waals surface area contributed by atoms with E-state index in [0.29, 0.717) is 32.5 Å². The number of fused-ring (bicyclic) bond motifs is 1. The van der Waals surface area contributed by atoms with Crippen LogP contribution in [0.5, 0.6) is 0 Å². The van der Waals surface area contributed by atoms with Gasteiger partial charge in [-0.1, -0.05) is 48.2 Å². The number of carbonyl (C=O) groups is 2. The lowest BCUT2D eigenvalue weighted by Gasteiger charge is -2.13. The molecule has 1 saturated carbocycles. The zero-order valence-corrected chi connectivity index (χ0v) is 19.1. The van der Waals surface area contributed by atoms with Gasteiger partial charge >= 0.3 is 0 Å². The molecule has 7 nitrogen and oxygen atoms in total. The maximum atomic E-state index is 13.5. The topological polar surface area (TPSA) is 93.1 Å². The summed E-state index contributed by atoms with van der Waals surface area (Å²) in [5.74, 6) is -0.375. The van der Waals surface area contributed by atoms with Gasteiger partial charge in [0, 0.05) is 5.56 Å². The van der Waals surface area contributed by atoms with Crippen LogP contribution in [0.2, 0.25) is 0 Å². The molecule has 4 aromatic rings. The summed E-state index contributed by atoms with van der Waals surface area (Å²) in [6.07, 6.45) is 2.20. The Bertz CT molecular complexity index is 1380. The zero-order valence-electron chi connectivity index (χ0n) is 17.5. The Kier molecular flexibility index (Phi) is 5.97. The van der Waals surface area contributed by atoms with Gasteiger partial charge in [0.25, 0.3) is 11.5 Å². The fourth-order valence-electron chi connectivity index (χ4n) is 3.54. The van der Waals surface area contributed by atoms with E-state index in [-0.39, 0.29) is 11.3 Å². The number of rotatable bonds is 6. The third-order valence-electron chi connectivity index (χ3n) is 5.32. The van der Waals surface area contributed by atoms with E-state index < -0.39 is 11.8 Å². The molecule has 0 aliphatic heterocycles. The fourth-order valence-corrected chi connectivity index (χ4v) is 5.42. The number of thiophene rings is 1. The number of nitrogens with zero attached hydrogens (tertiary/aromatic N) is 2. The summed E-state index contributed by atoms with van der Waals surface area (Å²) in [4.78, 5) is 43.5. The number of hydrogen-bond donors (Lipinski definition) is 2. The first-order valence-corrected chi connectivity index (χ1v) is 12.3. The van der Waals surface area contributed by atoms with Crippen LogP contribution in [0.3, 0.4) is 0 Å². The van der Waals surface area contributed by atoms with Crippen LogP contribution in [0.25, 0.3) is 15.9 Å². The number of hydrazine groups is 1. The van der Waals surface area contributed by atoms with Crippen LogP contribution in [-0.2, 0) is 4.79 Å². The standard InChI is InChI=1S/C24H20N4O3S2/c29-19(26-27-21(30)16-7-3-1-4-8-16)14-33-24-25-22-20(18(13-32-22)15-11-12-15)23(31)28(24)17-9-5-2-6-10-17/h1-10,13,15H,11-12,14H2,(H,26,29)(H,27,30). The van der Waals surface area contributed by atoms with Crippen molar-refractivity contribution in [1.29, 1.82) is 0 Å². The minimum Gasteiger partial charge on any atom is -0.272 e. The van der Waals surface area contributed by atoms with Crippen LogP contribution < -0.4 is 16.4 Å². The van der Waals surface area contributed by atoms with E-state index in [4.69, 9.17) is 4.98 Å². The lowest BCUT2D eigenvalue weighted by molar-refractivity contribution is -0.119. The van der Waals surface area contributed by atoms with Gasteiger partial charge in [0.1, 0.15) is 4.83 Å². The molecule has 0 unspecified atom stereocenters. The number of nitrogens with one attached hydrogen (secondary N) is 2. The quantitative estimate of drug-likeness (QED) is 0.250. The normalized spacial score (nSPS) is 13.1. The lowest BCUT2D eigenvalue weighted by Crippen LogP contribution is -2.42. The fraction of sp³-hybridized carbons (Fsp3) is 0.167. The molecule has 0 bridgehead atoms. The molecular formula is C24H20N4O3S2. The summed E-state index contributed by atoms with van der Waals surface area (Å²) in [5, 5.41) is 3.15. The van der Waals surface area contributed by atoms with Gasteiger partial charge in [-0.2, -0.15) is 0 Å². The molecular weight excluding hydrogens is 456 g/mol. The Morgan fingerprint density at radius 2 is 1.73 bits per heavy atom. The SMILES string of the molecule is O=C(CSc1nc2scc(C3CC3)c2c(=O)n1-c1ccccc1)NNC(=O)c1ccccc1. The summed E-state index contributed by atoms with van der Waals surface area (Å²) in [7, 11) is 0. The minimum atomic E-state index is -0.402. The molecule has 9 heteroatoms. The molecule has 1 aliphatic rings. The molecule has 0 atom stereocenters. The summed E-state index contributed by atoms with van der Waals surface area (Å²) < 4.78 is 1.57. The largest absolute Gasteiger partial charge is 0.272 e. The second-order valence-corrected chi connectivity index (χ2v) is 9.47. The van der Waals surface area contributed by atoms with Gasteiger partial charge in [-0.3, -0.25) is 29.8 Å². The van der Waals surface area contributed by atoms with Crippen molar-refractivity contribution in [3.63, 3.8) is 0 Å². The maximum Gasteiger partial charge on any atom is 0.269 e. The highest BCUT2D eigenvalue weighted by atomic mass is 32.2. The van der Waals surface area contributed by atoms with E-state index in [9.17, 15) is 14.4 Å². The molecule has 2 N–H and O–H groups in total. The van der Waals surface area contributed by atoms with Crippen LogP contribution in [0.4, 0.5) is 0 Å². The number of carbonyl (C=O) groups excluding carboxylic acids is 2. The van der Waals surface area contributed by atoms with Gasteiger partial charge in [0.2, 0.25) is 5.91 Å². The average Bonchev–Trinajstić information content (AvgIpc) is 3.61.